The van der Waals surface area contributed by atoms with Crippen LogP contribution in [0.4, 0.5) is 0 Å². The lowest BCUT2D eigenvalue weighted by molar-refractivity contribution is 0.409. The highest BCUT2D eigenvalue weighted by molar-refractivity contribution is 6.33. The second-order valence-corrected chi connectivity index (χ2v) is 3.62. The zero-order chi connectivity index (χ0) is 11.4. The van der Waals surface area contributed by atoms with E-state index in [1.54, 1.807) is 7.11 Å². The molecule has 0 amide bonds. The number of rotatable bonds is 3. The fourth-order valence-electron chi connectivity index (χ4n) is 1.49. The van der Waals surface area contributed by atoms with Crippen LogP contribution in [-0.4, -0.2) is 13.2 Å². The van der Waals surface area contributed by atoms with Crippen molar-refractivity contribution in [2.75, 3.05) is 7.11 Å². The maximum Gasteiger partial charge on any atom is 0.235 e. The first-order chi connectivity index (χ1) is 7.11. The molecule has 0 fully saturated rings. The molecule has 0 atom stereocenters. The van der Waals surface area contributed by atoms with Crippen molar-refractivity contribution in [2.24, 2.45) is 4.99 Å². The van der Waals surface area contributed by atoms with Crippen molar-refractivity contribution in [2.45, 2.75) is 20.4 Å². The molecular formula is C11H12ClNO2. The molecule has 0 unspecified atom stereocenters. The van der Waals surface area contributed by atoms with Crippen molar-refractivity contribution < 1.29 is 9.53 Å². The molecule has 0 bridgehead atoms. The first-order valence-corrected chi connectivity index (χ1v) is 4.85. The van der Waals surface area contributed by atoms with E-state index in [1.807, 2.05) is 19.9 Å². The first-order valence-electron chi connectivity index (χ1n) is 4.48. The number of benzene rings is 1. The average molecular weight is 226 g/mol. The lowest BCUT2D eigenvalue weighted by Crippen LogP contribution is -1.97. The van der Waals surface area contributed by atoms with Gasteiger partial charge in [0.25, 0.3) is 0 Å². The molecule has 0 aliphatic carbocycles. The molecular weight excluding hydrogens is 214 g/mol. The Kier molecular flexibility index (Phi) is 3.89. The monoisotopic (exact) mass is 225 g/mol. The second kappa shape index (κ2) is 4.96. The predicted octanol–water partition coefficient (Wildman–Crippen LogP) is 2.80. The minimum atomic E-state index is 0.249. The highest BCUT2D eigenvalue weighted by atomic mass is 35.5. The summed E-state index contributed by atoms with van der Waals surface area (Å²) in [6.07, 6.45) is 1.51. The minimum absolute atomic E-state index is 0.249. The third kappa shape index (κ3) is 2.38. The van der Waals surface area contributed by atoms with Gasteiger partial charge in [-0.1, -0.05) is 17.7 Å². The Bertz CT molecular complexity index is 423. The van der Waals surface area contributed by atoms with Crippen molar-refractivity contribution >= 4 is 17.7 Å². The summed E-state index contributed by atoms with van der Waals surface area (Å²) in [5.74, 6) is 0.591. The van der Waals surface area contributed by atoms with Gasteiger partial charge in [-0.3, -0.25) is 0 Å². The number of isocyanates is 1. The van der Waals surface area contributed by atoms with Crippen LogP contribution in [0.3, 0.4) is 0 Å². The number of methoxy groups -OCH3 is 1. The molecule has 0 aromatic heterocycles. The van der Waals surface area contributed by atoms with Gasteiger partial charge in [-0.25, -0.2) is 9.79 Å². The van der Waals surface area contributed by atoms with E-state index in [0.29, 0.717) is 10.8 Å². The summed E-state index contributed by atoms with van der Waals surface area (Å²) in [7, 11) is 1.55. The fraction of sp³-hybridized carbons (Fsp3) is 0.364. The van der Waals surface area contributed by atoms with Crippen LogP contribution in [0.5, 0.6) is 5.75 Å². The van der Waals surface area contributed by atoms with Gasteiger partial charge in [-0.05, 0) is 25.0 Å². The Morgan fingerprint density at radius 2 is 2.13 bits per heavy atom. The van der Waals surface area contributed by atoms with Crippen LogP contribution in [0.15, 0.2) is 11.1 Å². The Balaban J connectivity index is 3.34. The smallest absolute Gasteiger partial charge is 0.235 e. The van der Waals surface area contributed by atoms with E-state index in [4.69, 9.17) is 16.3 Å². The van der Waals surface area contributed by atoms with Crippen LogP contribution in [0.1, 0.15) is 16.7 Å². The van der Waals surface area contributed by atoms with E-state index in [1.165, 1.54) is 6.08 Å². The highest BCUT2D eigenvalue weighted by Crippen LogP contribution is 2.34. The van der Waals surface area contributed by atoms with Crippen molar-refractivity contribution in [3.8, 4) is 5.75 Å². The molecule has 80 valence electrons. The molecule has 0 aliphatic rings. The van der Waals surface area contributed by atoms with E-state index >= 15 is 0 Å². The predicted molar refractivity (Wildman–Crippen MR) is 59.3 cm³/mol. The van der Waals surface area contributed by atoms with Crippen LogP contribution >= 0.6 is 11.6 Å². The van der Waals surface area contributed by atoms with Crippen molar-refractivity contribution in [3.63, 3.8) is 0 Å². The maximum atomic E-state index is 10.1. The Morgan fingerprint density at radius 1 is 1.47 bits per heavy atom. The van der Waals surface area contributed by atoms with Crippen LogP contribution < -0.4 is 4.74 Å². The number of halogens is 1. The zero-order valence-electron chi connectivity index (χ0n) is 8.93. The third-order valence-corrected chi connectivity index (χ3v) is 2.70. The van der Waals surface area contributed by atoms with Gasteiger partial charge in [0.1, 0.15) is 5.75 Å². The molecule has 1 rings (SSSR count). The van der Waals surface area contributed by atoms with Gasteiger partial charge in [-0.15, -0.1) is 0 Å². The largest absolute Gasteiger partial charge is 0.495 e. The normalized spacial score (nSPS) is 9.60. The lowest BCUT2D eigenvalue weighted by Gasteiger charge is -2.13. The molecule has 0 saturated carbocycles. The van der Waals surface area contributed by atoms with Crippen molar-refractivity contribution in [1.82, 2.24) is 0 Å². The van der Waals surface area contributed by atoms with Gasteiger partial charge in [0.05, 0.1) is 18.7 Å². The van der Waals surface area contributed by atoms with E-state index in [0.717, 1.165) is 16.7 Å². The average Bonchev–Trinajstić information content (AvgIpc) is 2.21. The third-order valence-electron chi connectivity index (χ3n) is 2.23. The summed E-state index contributed by atoms with van der Waals surface area (Å²) in [4.78, 5) is 13.6. The van der Waals surface area contributed by atoms with Gasteiger partial charge >= 0.3 is 0 Å². The van der Waals surface area contributed by atoms with Gasteiger partial charge in [0.2, 0.25) is 6.08 Å². The molecule has 0 heterocycles. The molecule has 0 spiro atoms. The number of carbonyl (C=O) groups excluding carboxylic acids is 1. The molecule has 0 aliphatic heterocycles. The van der Waals surface area contributed by atoms with E-state index in [9.17, 15) is 4.79 Å². The maximum absolute atomic E-state index is 10.1. The van der Waals surface area contributed by atoms with Crippen LogP contribution in [0, 0.1) is 13.8 Å². The molecule has 1 aromatic rings. The molecule has 4 heteroatoms. The Hall–Kier alpha value is -1.31. The van der Waals surface area contributed by atoms with E-state index < -0.39 is 0 Å². The molecule has 1 aromatic carbocycles. The van der Waals surface area contributed by atoms with E-state index in [2.05, 4.69) is 4.99 Å². The standard InChI is InChI=1S/C11H12ClNO2/c1-7-4-8(2)10(12)11(15-3)9(7)5-13-6-14/h4H,5H2,1-3H3. The summed E-state index contributed by atoms with van der Waals surface area (Å²) in [6.45, 7) is 4.09. The second-order valence-electron chi connectivity index (χ2n) is 3.24. The van der Waals surface area contributed by atoms with Crippen molar-refractivity contribution in [1.29, 1.82) is 0 Å². The number of hydrogen-bond donors (Lipinski definition) is 0. The number of ether oxygens (including phenoxy) is 1. The highest BCUT2D eigenvalue weighted by Gasteiger charge is 2.12. The van der Waals surface area contributed by atoms with Crippen LogP contribution in [0.25, 0.3) is 0 Å². The van der Waals surface area contributed by atoms with Crippen LogP contribution in [0.2, 0.25) is 5.02 Å². The summed E-state index contributed by atoms with van der Waals surface area (Å²) in [6, 6.07) is 1.94. The number of hydrogen-bond acceptors (Lipinski definition) is 3. The summed E-state index contributed by atoms with van der Waals surface area (Å²) < 4.78 is 5.21. The first kappa shape index (κ1) is 11.8. The van der Waals surface area contributed by atoms with Crippen molar-refractivity contribution in [3.05, 3.63) is 27.8 Å². The van der Waals surface area contributed by atoms with Gasteiger partial charge in [-0.2, -0.15) is 0 Å². The summed E-state index contributed by atoms with van der Waals surface area (Å²) in [5, 5.41) is 0.569. The molecule has 0 saturated heterocycles. The van der Waals surface area contributed by atoms with Crippen LogP contribution in [-0.2, 0) is 11.3 Å². The fourth-order valence-corrected chi connectivity index (χ4v) is 1.73. The number of nitrogens with zero attached hydrogens (tertiary/aromatic N) is 1. The summed E-state index contributed by atoms with van der Waals surface area (Å²) >= 11 is 6.08. The molecule has 15 heavy (non-hydrogen) atoms. The molecule has 0 N–H and O–H groups in total. The quantitative estimate of drug-likeness (QED) is 0.586. The zero-order valence-corrected chi connectivity index (χ0v) is 9.68. The minimum Gasteiger partial charge on any atom is -0.495 e. The van der Waals surface area contributed by atoms with Gasteiger partial charge in [0.15, 0.2) is 0 Å². The van der Waals surface area contributed by atoms with Gasteiger partial charge in [0, 0.05) is 5.56 Å². The van der Waals surface area contributed by atoms with Gasteiger partial charge < -0.3 is 4.74 Å². The number of aliphatic imine (C=N–C) groups is 1. The lowest BCUT2D eigenvalue weighted by atomic mass is 10.0. The SMILES string of the molecule is COc1c(Cl)c(C)cc(C)c1CN=C=O. The van der Waals surface area contributed by atoms with E-state index in [-0.39, 0.29) is 6.54 Å². The topological polar surface area (TPSA) is 38.7 Å². The number of aryl methyl sites for hydroxylation is 2. The Morgan fingerprint density at radius 3 is 2.67 bits per heavy atom. The molecule has 0 radical (unpaired) electrons. The Labute approximate surface area is 93.7 Å². The summed E-state index contributed by atoms with van der Waals surface area (Å²) in [5.41, 5.74) is 2.79. The molecule has 3 nitrogen and oxygen atoms in total.